The maximum Gasteiger partial charge on any atom is 0.0468 e. The zero-order valence-electron chi connectivity index (χ0n) is 10.9. The Hall–Kier alpha value is -0.0800. The van der Waals surface area contributed by atoms with Gasteiger partial charge < -0.3 is 10.1 Å². The van der Waals surface area contributed by atoms with E-state index < -0.39 is 0 Å². The van der Waals surface area contributed by atoms with Gasteiger partial charge in [-0.25, -0.2) is 0 Å². The number of rotatable bonds is 8. The number of hydrogen-bond donors (Lipinski definition) is 1. The summed E-state index contributed by atoms with van der Waals surface area (Å²) in [6, 6.07) is 0.792. The second-order valence-corrected chi connectivity index (χ2v) is 5.83. The van der Waals surface area contributed by atoms with E-state index in [1.54, 1.807) is 0 Å². The number of methoxy groups -OCH3 is 1. The van der Waals surface area contributed by atoms with Gasteiger partial charge in [-0.15, -0.1) is 0 Å². The normalized spacial score (nSPS) is 25.1. The van der Waals surface area contributed by atoms with Gasteiger partial charge in [-0.1, -0.05) is 13.3 Å². The zero-order chi connectivity index (χ0) is 11.4. The summed E-state index contributed by atoms with van der Waals surface area (Å²) in [5.74, 6) is 0.990. The molecule has 2 fully saturated rings. The predicted molar refractivity (Wildman–Crippen MR) is 67.6 cm³/mol. The molecule has 1 unspecified atom stereocenters. The summed E-state index contributed by atoms with van der Waals surface area (Å²) in [4.78, 5) is 0. The van der Waals surface area contributed by atoms with Crippen LogP contribution in [0.25, 0.3) is 0 Å². The van der Waals surface area contributed by atoms with Crippen LogP contribution in [0, 0.1) is 11.3 Å². The Labute approximate surface area is 100 Å². The maximum atomic E-state index is 5.24. The highest BCUT2D eigenvalue weighted by Crippen LogP contribution is 2.44. The fourth-order valence-electron chi connectivity index (χ4n) is 3.00. The molecular formula is C14H27NO. The molecule has 0 radical (unpaired) electrons. The molecule has 16 heavy (non-hydrogen) atoms. The molecule has 2 aliphatic rings. The van der Waals surface area contributed by atoms with Gasteiger partial charge in [0.1, 0.15) is 0 Å². The lowest BCUT2D eigenvalue weighted by Gasteiger charge is -2.43. The van der Waals surface area contributed by atoms with E-state index in [1.807, 2.05) is 7.11 Å². The van der Waals surface area contributed by atoms with Gasteiger partial charge in [0.15, 0.2) is 0 Å². The molecule has 0 heterocycles. The van der Waals surface area contributed by atoms with Crippen molar-refractivity contribution < 1.29 is 4.74 Å². The van der Waals surface area contributed by atoms with Crippen LogP contribution in [0.4, 0.5) is 0 Å². The SMILES string of the molecule is CCC(NCC1(CCOC)CCC1)C1CC1. The summed E-state index contributed by atoms with van der Waals surface area (Å²) in [6.07, 6.45) is 9.69. The van der Waals surface area contributed by atoms with E-state index in [2.05, 4.69) is 12.2 Å². The third-order valence-electron chi connectivity index (χ3n) is 4.62. The second kappa shape index (κ2) is 5.50. The summed E-state index contributed by atoms with van der Waals surface area (Å²) in [5, 5.41) is 3.83. The van der Waals surface area contributed by atoms with Gasteiger partial charge in [-0.2, -0.15) is 0 Å². The monoisotopic (exact) mass is 225 g/mol. The van der Waals surface area contributed by atoms with E-state index in [0.29, 0.717) is 5.41 Å². The first-order valence-electron chi connectivity index (χ1n) is 7.02. The standard InChI is InChI=1S/C14H27NO/c1-3-13(12-5-6-12)15-11-14(7-4-8-14)9-10-16-2/h12-13,15H,3-11H2,1-2H3. The van der Waals surface area contributed by atoms with Gasteiger partial charge in [0, 0.05) is 26.3 Å². The van der Waals surface area contributed by atoms with E-state index in [-0.39, 0.29) is 0 Å². The van der Waals surface area contributed by atoms with Crippen LogP contribution >= 0.6 is 0 Å². The van der Waals surface area contributed by atoms with E-state index in [4.69, 9.17) is 4.74 Å². The highest BCUT2D eigenvalue weighted by atomic mass is 16.5. The molecule has 0 aromatic heterocycles. The molecule has 0 aromatic rings. The van der Waals surface area contributed by atoms with Crippen molar-refractivity contribution in [1.29, 1.82) is 0 Å². The summed E-state index contributed by atoms with van der Waals surface area (Å²) in [5.41, 5.74) is 0.582. The van der Waals surface area contributed by atoms with E-state index >= 15 is 0 Å². The van der Waals surface area contributed by atoms with Crippen molar-refractivity contribution in [2.75, 3.05) is 20.3 Å². The Morgan fingerprint density at radius 3 is 2.56 bits per heavy atom. The Balaban J connectivity index is 1.73. The quantitative estimate of drug-likeness (QED) is 0.685. The molecule has 2 saturated carbocycles. The fourth-order valence-corrected chi connectivity index (χ4v) is 3.00. The molecule has 1 atom stereocenters. The average molecular weight is 225 g/mol. The molecule has 0 aromatic carbocycles. The van der Waals surface area contributed by atoms with Gasteiger partial charge >= 0.3 is 0 Å². The molecule has 2 heteroatoms. The van der Waals surface area contributed by atoms with Crippen LogP contribution in [0.15, 0.2) is 0 Å². The van der Waals surface area contributed by atoms with Crippen LogP contribution in [-0.4, -0.2) is 26.3 Å². The van der Waals surface area contributed by atoms with Crippen LogP contribution in [0.2, 0.25) is 0 Å². The van der Waals surface area contributed by atoms with Crippen molar-refractivity contribution in [3.8, 4) is 0 Å². The number of nitrogens with one attached hydrogen (secondary N) is 1. The van der Waals surface area contributed by atoms with Gasteiger partial charge in [-0.3, -0.25) is 0 Å². The third kappa shape index (κ3) is 2.98. The van der Waals surface area contributed by atoms with E-state index in [1.165, 1.54) is 51.5 Å². The third-order valence-corrected chi connectivity index (χ3v) is 4.62. The molecule has 1 N–H and O–H groups in total. The Morgan fingerprint density at radius 2 is 2.12 bits per heavy atom. The Kier molecular flexibility index (Phi) is 4.26. The highest BCUT2D eigenvalue weighted by molar-refractivity contribution is 4.93. The fraction of sp³-hybridized carbons (Fsp3) is 1.00. The maximum absolute atomic E-state index is 5.24. The van der Waals surface area contributed by atoms with Crippen molar-refractivity contribution in [1.82, 2.24) is 5.32 Å². The molecule has 0 spiro atoms. The van der Waals surface area contributed by atoms with Crippen molar-refractivity contribution in [3.05, 3.63) is 0 Å². The topological polar surface area (TPSA) is 21.3 Å². The lowest BCUT2D eigenvalue weighted by Crippen LogP contribution is -2.44. The van der Waals surface area contributed by atoms with Crippen LogP contribution < -0.4 is 5.32 Å². The van der Waals surface area contributed by atoms with E-state index in [9.17, 15) is 0 Å². The van der Waals surface area contributed by atoms with Crippen LogP contribution in [0.1, 0.15) is 51.9 Å². The Morgan fingerprint density at radius 1 is 1.38 bits per heavy atom. The van der Waals surface area contributed by atoms with Gasteiger partial charge in [0.05, 0.1) is 0 Å². The first kappa shape index (κ1) is 12.4. The second-order valence-electron chi connectivity index (χ2n) is 5.83. The molecule has 2 rings (SSSR count). The molecule has 0 saturated heterocycles. The number of ether oxygens (including phenoxy) is 1. The molecule has 0 amide bonds. The summed E-state index contributed by atoms with van der Waals surface area (Å²) >= 11 is 0. The molecule has 0 aliphatic heterocycles. The average Bonchev–Trinajstić information content (AvgIpc) is 3.05. The minimum absolute atomic E-state index is 0.582. The molecule has 2 aliphatic carbocycles. The minimum Gasteiger partial charge on any atom is -0.385 e. The lowest BCUT2D eigenvalue weighted by atomic mass is 9.66. The summed E-state index contributed by atoms with van der Waals surface area (Å²) in [7, 11) is 1.82. The van der Waals surface area contributed by atoms with Gasteiger partial charge in [0.25, 0.3) is 0 Å². The van der Waals surface area contributed by atoms with Crippen molar-refractivity contribution in [2.24, 2.45) is 11.3 Å². The van der Waals surface area contributed by atoms with Crippen molar-refractivity contribution >= 4 is 0 Å². The number of hydrogen-bond acceptors (Lipinski definition) is 2. The van der Waals surface area contributed by atoms with Crippen molar-refractivity contribution in [3.63, 3.8) is 0 Å². The summed E-state index contributed by atoms with van der Waals surface area (Å²) < 4.78 is 5.24. The van der Waals surface area contributed by atoms with Crippen LogP contribution in [-0.2, 0) is 4.74 Å². The summed E-state index contributed by atoms with van der Waals surface area (Å²) in [6.45, 7) is 4.48. The first-order valence-corrected chi connectivity index (χ1v) is 7.02. The van der Waals surface area contributed by atoms with Crippen molar-refractivity contribution in [2.45, 2.75) is 57.9 Å². The Bertz CT molecular complexity index is 209. The minimum atomic E-state index is 0.582. The van der Waals surface area contributed by atoms with Gasteiger partial charge in [-0.05, 0) is 49.9 Å². The van der Waals surface area contributed by atoms with E-state index in [0.717, 1.165) is 18.6 Å². The predicted octanol–water partition coefficient (Wildman–Crippen LogP) is 2.97. The smallest absolute Gasteiger partial charge is 0.0468 e. The molecular weight excluding hydrogens is 198 g/mol. The molecule has 94 valence electrons. The van der Waals surface area contributed by atoms with Crippen LogP contribution in [0.5, 0.6) is 0 Å². The lowest BCUT2D eigenvalue weighted by molar-refractivity contribution is 0.0654. The highest BCUT2D eigenvalue weighted by Gasteiger charge is 2.38. The molecule has 0 bridgehead atoms. The zero-order valence-corrected chi connectivity index (χ0v) is 10.9. The van der Waals surface area contributed by atoms with Gasteiger partial charge in [0.2, 0.25) is 0 Å². The molecule has 2 nitrogen and oxygen atoms in total. The largest absolute Gasteiger partial charge is 0.385 e. The van der Waals surface area contributed by atoms with Crippen LogP contribution in [0.3, 0.4) is 0 Å². The first-order chi connectivity index (χ1) is 7.79.